The van der Waals surface area contributed by atoms with Crippen LogP contribution >= 0.6 is 11.6 Å². The number of hydrogen-bond donors (Lipinski definition) is 0. The van der Waals surface area contributed by atoms with E-state index in [0.717, 1.165) is 11.0 Å². The highest BCUT2D eigenvalue weighted by Crippen LogP contribution is 2.30. The highest BCUT2D eigenvalue weighted by Gasteiger charge is 2.22. The summed E-state index contributed by atoms with van der Waals surface area (Å²) in [6.07, 6.45) is 1.47. The van der Waals surface area contributed by atoms with Gasteiger partial charge in [-0.25, -0.2) is 18.2 Å². The molecular weight excluding hydrogens is 353 g/mol. The summed E-state index contributed by atoms with van der Waals surface area (Å²) in [6, 6.07) is 9.73. The van der Waals surface area contributed by atoms with Crippen molar-refractivity contribution < 1.29 is 13.2 Å². The fraction of sp³-hybridized carbons (Fsp3) is 0.118. The van der Waals surface area contributed by atoms with Gasteiger partial charge in [0.15, 0.2) is 11.6 Å². The number of nitrogens with zero attached hydrogens (tertiary/aromatic N) is 4. The minimum atomic E-state index is -1.50. The fourth-order valence-electron chi connectivity index (χ4n) is 2.37. The van der Waals surface area contributed by atoms with Crippen LogP contribution in [0, 0.1) is 28.8 Å². The minimum Gasteiger partial charge on any atom is -0.350 e. The molecule has 126 valence electrons. The lowest BCUT2D eigenvalue weighted by molar-refractivity contribution is 0.493. The largest absolute Gasteiger partial charge is 0.350 e. The molecule has 0 aliphatic carbocycles. The molecule has 2 aromatic carbocycles. The highest BCUT2D eigenvalue weighted by atomic mass is 35.5. The first kappa shape index (κ1) is 17.0. The van der Waals surface area contributed by atoms with E-state index >= 15 is 0 Å². The molecule has 0 aliphatic rings. The number of anilines is 1. The summed E-state index contributed by atoms with van der Waals surface area (Å²) in [5.74, 6) is -3.93. The molecule has 1 heterocycles. The summed E-state index contributed by atoms with van der Waals surface area (Å²) in [7, 11) is 0. The molecule has 0 radical (unpaired) electrons. The maximum Gasteiger partial charge on any atom is 0.183 e. The zero-order valence-electron chi connectivity index (χ0n) is 12.7. The van der Waals surface area contributed by atoms with Crippen LogP contribution in [0.4, 0.5) is 18.9 Å². The number of nitriles is 1. The summed E-state index contributed by atoms with van der Waals surface area (Å²) in [5.41, 5.74) is 1.30. The Morgan fingerprint density at radius 3 is 2.56 bits per heavy atom. The number of para-hydroxylation sites is 2. The summed E-state index contributed by atoms with van der Waals surface area (Å²) >= 11 is 5.37. The molecule has 0 N–H and O–H groups in total. The molecule has 0 saturated carbocycles. The maximum absolute atomic E-state index is 14.2. The molecule has 0 atom stereocenters. The molecule has 25 heavy (non-hydrogen) atoms. The Kier molecular flexibility index (Phi) is 4.72. The van der Waals surface area contributed by atoms with E-state index in [9.17, 15) is 13.2 Å². The molecule has 0 amide bonds. The number of fused-ring (bicyclic) bond motifs is 1. The van der Waals surface area contributed by atoms with Gasteiger partial charge in [-0.3, -0.25) is 4.98 Å². The first-order chi connectivity index (χ1) is 12.0. The van der Waals surface area contributed by atoms with Gasteiger partial charge in [0.2, 0.25) is 0 Å². The normalized spacial score (nSPS) is 10.7. The van der Waals surface area contributed by atoms with E-state index in [2.05, 4.69) is 9.97 Å². The van der Waals surface area contributed by atoms with Crippen molar-refractivity contribution in [3.8, 4) is 6.07 Å². The smallest absolute Gasteiger partial charge is 0.183 e. The van der Waals surface area contributed by atoms with Gasteiger partial charge in [-0.1, -0.05) is 23.7 Å². The molecule has 4 nitrogen and oxygen atoms in total. The zero-order chi connectivity index (χ0) is 18.0. The summed E-state index contributed by atoms with van der Waals surface area (Å²) in [4.78, 5) is 9.75. The number of halogens is 4. The van der Waals surface area contributed by atoms with Gasteiger partial charge in [-0.05, 0) is 12.1 Å². The van der Waals surface area contributed by atoms with Crippen LogP contribution in [0.5, 0.6) is 0 Å². The third-order valence-electron chi connectivity index (χ3n) is 3.54. The quantitative estimate of drug-likeness (QED) is 0.396. The Morgan fingerprint density at radius 2 is 1.84 bits per heavy atom. The summed E-state index contributed by atoms with van der Waals surface area (Å²) < 4.78 is 41.6. The highest BCUT2D eigenvalue weighted by molar-refractivity contribution is 6.31. The Labute approximate surface area is 146 Å². The third-order valence-corrected chi connectivity index (χ3v) is 3.88. The van der Waals surface area contributed by atoms with Crippen molar-refractivity contribution in [3.05, 3.63) is 64.7 Å². The van der Waals surface area contributed by atoms with Crippen LogP contribution in [0.25, 0.3) is 11.0 Å². The Balaban J connectivity index is 2.00. The molecule has 0 saturated heterocycles. The summed E-state index contributed by atoms with van der Waals surface area (Å²) in [5, 5.41) is 8.04. The second-order valence-electron chi connectivity index (χ2n) is 5.18. The van der Waals surface area contributed by atoms with E-state index in [1.54, 1.807) is 18.2 Å². The standard InChI is InChI=1S/C17H10ClF3N4/c18-15-11(19)7-14(16(20)17(15)21)25(6-5-22)9-10-8-23-12-3-1-2-4-13(12)24-10/h1-4,7-8H,6,9H2. The van der Waals surface area contributed by atoms with Gasteiger partial charge in [0.05, 0.1) is 41.2 Å². The first-order valence-electron chi connectivity index (χ1n) is 7.17. The van der Waals surface area contributed by atoms with Crippen molar-refractivity contribution in [2.24, 2.45) is 0 Å². The van der Waals surface area contributed by atoms with Crippen molar-refractivity contribution in [2.45, 2.75) is 6.54 Å². The maximum atomic E-state index is 14.2. The molecule has 0 aliphatic heterocycles. The monoisotopic (exact) mass is 362 g/mol. The lowest BCUT2D eigenvalue weighted by atomic mass is 10.2. The van der Waals surface area contributed by atoms with Crippen molar-refractivity contribution in [1.82, 2.24) is 9.97 Å². The Bertz CT molecular complexity index is 988. The van der Waals surface area contributed by atoms with Gasteiger partial charge in [-0.15, -0.1) is 0 Å². The average Bonchev–Trinajstić information content (AvgIpc) is 2.62. The third kappa shape index (κ3) is 3.35. The second kappa shape index (κ2) is 6.95. The molecule has 0 spiro atoms. The van der Waals surface area contributed by atoms with Gasteiger partial charge in [-0.2, -0.15) is 5.26 Å². The predicted octanol–water partition coefficient (Wildman–Crippen LogP) is 4.23. The first-order valence-corrected chi connectivity index (χ1v) is 7.54. The van der Waals surface area contributed by atoms with Gasteiger partial charge in [0, 0.05) is 6.07 Å². The van der Waals surface area contributed by atoms with Crippen molar-refractivity contribution >= 4 is 28.3 Å². The number of hydrogen-bond acceptors (Lipinski definition) is 4. The van der Waals surface area contributed by atoms with E-state index in [1.807, 2.05) is 12.1 Å². The van der Waals surface area contributed by atoms with Gasteiger partial charge in [0.25, 0.3) is 0 Å². The van der Waals surface area contributed by atoms with Crippen molar-refractivity contribution in [2.75, 3.05) is 11.4 Å². The SMILES string of the molecule is N#CCN(Cc1cnc2ccccc2n1)c1cc(F)c(Cl)c(F)c1F. The number of rotatable bonds is 4. The van der Waals surface area contributed by atoms with Crippen molar-refractivity contribution in [3.63, 3.8) is 0 Å². The van der Waals surface area contributed by atoms with Gasteiger partial charge in [0.1, 0.15) is 17.4 Å². The average molecular weight is 363 g/mol. The van der Waals surface area contributed by atoms with Crippen LogP contribution < -0.4 is 4.90 Å². The van der Waals surface area contributed by atoms with E-state index in [-0.39, 0.29) is 13.1 Å². The van der Waals surface area contributed by atoms with Crippen LogP contribution in [0.15, 0.2) is 36.5 Å². The minimum absolute atomic E-state index is 0.0528. The zero-order valence-corrected chi connectivity index (χ0v) is 13.4. The van der Waals surface area contributed by atoms with Gasteiger partial charge >= 0.3 is 0 Å². The van der Waals surface area contributed by atoms with E-state index in [4.69, 9.17) is 16.9 Å². The fourth-order valence-corrected chi connectivity index (χ4v) is 2.51. The molecule has 3 rings (SSSR count). The lowest BCUT2D eigenvalue weighted by Gasteiger charge is -2.22. The number of benzene rings is 2. The van der Waals surface area contributed by atoms with E-state index in [0.29, 0.717) is 16.7 Å². The molecule has 0 bridgehead atoms. The Morgan fingerprint density at radius 1 is 1.12 bits per heavy atom. The molecule has 0 fully saturated rings. The lowest BCUT2D eigenvalue weighted by Crippen LogP contribution is -2.25. The van der Waals surface area contributed by atoms with Crippen molar-refractivity contribution in [1.29, 1.82) is 5.26 Å². The topological polar surface area (TPSA) is 52.8 Å². The number of aromatic nitrogens is 2. The molecule has 8 heteroatoms. The van der Waals surface area contributed by atoms with Crippen LogP contribution in [0.1, 0.15) is 5.69 Å². The summed E-state index contributed by atoms with van der Waals surface area (Å²) in [6.45, 7) is -0.352. The van der Waals surface area contributed by atoms with Crippen LogP contribution in [-0.4, -0.2) is 16.5 Å². The van der Waals surface area contributed by atoms with Crippen LogP contribution in [0.3, 0.4) is 0 Å². The van der Waals surface area contributed by atoms with E-state index < -0.39 is 28.2 Å². The molecule has 3 aromatic rings. The molecular formula is C17H10ClF3N4. The van der Waals surface area contributed by atoms with E-state index in [1.165, 1.54) is 6.20 Å². The second-order valence-corrected chi connectivity index (χ2v) is 5.56. The predicted molar refractivity (Wildman–Crippen MR) is 87.5 cm³/mol. The van der Waals surface area contributed by atoms with Gasteiger partial charge < -0.3 is 4.90 Å². The van der Waals surface area contributed by atoms with Crippen LogP contribution in [-0.2, 0) is 6.54 Å². The Hall–Kier alpha value is -2.85. The molecule has 0 unspecified atom stereocenters. The molecule has 1 aromatic heterocycles. The van der Waals surface area contributed by atoms with Crippen LogP contribution in [0.2, 0.25) is 5.02 Å².